The molecule has 3 aromatic carbocycles. The first-order valence-corrected chi connectivity index (χ1v) is 10.6. The molecule has 0 unspecified atom stereocenters. The molecule has 2 nitrogen and oxygen atoms in total. The lowest BCUT2D eigenvalue weighted by atomic mass is 10.2. The van der Waals surface area contributed by atoms with Crippen LogP contribution in [0.2, 0.25) is 0 Å². The van der Waals surface area contributed by atoms with E-state index in [1.54, 1.807) is 24.3 Å². The van der Waals surface area contributed by atoms with Gasteiger partial charge in [-0.1, -0.05) is 43.3 Å². The SMILES string of the molecule is CCc1ccc([S+]2c3ccccc3S(=O)(=O)c3ccccc32)cc1. The van der Waals surface area contributed by atoms with Gasteiger partial charge in [0.25, 0.3) is 0 Å². The van der Waals surface area contributed by atoms with Crippen LogP contribution in [0.4, 0.5) is 0 Å². The molecule has 4 heteroatoms. The average molecular weight is 353 g/mol. The van der Waals surface area contributed by atoms with Crippen molar-refractivity contribution in [3.63, 3.8) is 0 Å². The Labute approximate surface area is 145 Å². The fraction of sp³-hybridized carbons (Fsp3) is 0.100. The van der Waals surface area contributed by atoms with Gasteiger partial charge in [0.05, 0.1) is 0 Å². The molecule has 0 atom stereocenters. The van der Waals surface area contributed by atoms with E-state index in [4.69, 9.17) is 0 Å². The molecule has 0 bridgehead atoms. The van der Waals surface area contributed by atoms with Crippen LogP contribution in [0, 0.1) is 0 Å². The Hall–Kier alpha value is -2.04. The third-order valence-electron chi connectivity index (χ3n) is 4.28. The van der Waals surface area contributed by atoms with Gasteiger partial charge in [0.1, 0.15) is 20.7 Å². The molecular weight excluding hydrogens is 336 g/mol. The van der Waals surface area contributed by atoms with E-state index >= 15 is 0 Å². The fourth-order valence-electron chi connectivity index (χ4n) is 3.03. The third-order valence-corrected chi connectivity index (χ3v) is 8.75. The van der Waals surface area contributed by atoms with E-state index in [0.717, 1.165) is 21.1 Å². The van der Waals surface area contributed by atoms with Crippen LogP contribution >= 0.6 is 0 Å². The van der Waals surface area contributed by atoms with Crippen LogP contribution in [0.1, 0.15) is 12.5 Å². The largest absolute Gasteiger partial charge is 0.218 e. The molecule has 0 fully saturated rings. The molecule has 0 radical (unpaired) electrons. The van der Waals surface area contributed by atoms with Crippen LogP contribution in [-0.4, -0.2) is 8.42 Å². The Morgan fingerprint density at radius 3 is 1.75 bits per heavy atom. The van der Waals surface area contributed by atoms with Crippen molar-refractivity contribution in [3.8, 4) is 0 Å². The third kappa shape index (κ3) is 2.29. The van der Waals surface area contributed by atoms with Gasteiger partial charge in [0.2, 0.25) is 9.84 Å². The van der Waals surface area contributed by atoms with E-state index in [0.29, 0.717) is 9.79 Å². The van der Waals surface area contributed by atoms with Gasteiger partial charge in [-0.2, -0.15) is 0 Å². The molecular formula is C20H17O2S2+. The lowest BCUT2D eigenvalue weighted by Crippen LogP contribution is -2.20. The summed E-state index contributed by atoms with van der Waals surface area (Å²) in [7, 11) is -3.84. The second kappa shape index (κ2) is 5.80. The minimum absolute atomic E-state index is 0.394. The molecule has 24 heavy (non-hydrogen) atoms. The lowest BCUT2D eigenvalue weighted by molar-refractivity contribution is 0.590. The molecule has 1 aliphatic heterocycles. The van der Waals surface area contributed by atoms with Gasteiger partial charge in [-0.3, -0.25) is 0 Å². The molecule has 0 spiro atoms. The van der Waals surface area contributed by atoms with E-state index in [9.17, 15) is 8.42 Å². The molecule has 1 heterocycles. The number of benzene rings is 3. The van der Waals surface area contributed by atoms with Crippen molar-refractivity contribution < 1.29 is 8.42 Å². The highest BCUT2D eigenvalue weighted by atomic mass is 32.2. The highest BCUT2D eigenvalue weighted by Gasteiger charge is 2.44. The molecule has 0 saturated carbocycles. The summed E-state index contributed by atoms with van der Waals surface area (Å²) in [5.74, 6) is 0. The van der Waals surface area contributed by atoms with Gasteiger partial charge in [-0.15, -0.1) is 0 Å². The zero-order valence-corrected chi connectivity index (χ0v) is 14.9. The second-order valence-corrected chi connectivity index (χ2v) is 9.55. The predicted molar refractivity (Wildman–Crippen MR) is 96.3 cm³/mol. The van der Waals surface area contributed by atoms with Crippen LogP contribution < -0.4 is 0 Å². The highest BCUT2D eigenvalue weighted by molar-refractivity contribution is 8.00. The Kier molecular flexibility index (Phi) is 3.74. The standard InChI is InChI=1S/C20H17O2S2/c1-2-15-11-13-16(14-12-15)23-17-7-3-5-9-19(17)24(21,22)20-10-6-4-8-18(20)23/h3-14H,2H2,1H3/q+1. The summed E-state index contributed by atoms with van der Waals surface area (Å²) in [4.78, 5) is 3.81. The number of rotatable bonds is 2. The van der Waals surface area contributed by atoms with E-state index in [1.165, 1.54) is 5.56 Å². The first kappa shape index (κ1) is 15.5. The van der Waals surface area contributed by atoms with Crippen molar-refractivity contribution in [3.05, 3.63) is 78.4 Å². The number of fused-ring (bicyclic) bond motifs is 2. The Morgan fingerprint density at radius 2 is 1.25 bits per heavy atom. The Bertz CT molecular complexity index is 952. The smallest absolute Gasteiger partial charge is 0.216 e. The molecule has 3 aromatic rings. The summed E-state index contributed by atoms with van der Waals surface area (Å²) in [6.07, 6.45) is 0.996. The molecule has 120 valence electrons. The van der Waals surface area contributed by atoms with Crippen LogP contribution in [0.5, 0.6) is 0 Å². The molecule has 0 aromatic heterocycles. The lowest BCUT2D eigenvalue weighted by Gasteiger charge is -2.19. The Morgan fingerprint density at radius 1 is 0.750 bits per heavy atom. The molecule has 0 N–H and O–H groups in total. The number of hydrogen-bond acceptors (Lipinski definition) is 2. The first-order valence-electron chi connectivity index (χ1n) is 7.89. The van der Waals surface area contributed by atoms with Gasteiger partial charge in [-0.05, 0) is 48.4 Å². The zero-order valence-electron chi connectivity index (χ0n) is 13.3. The van der Waals surface area contributed by atoms with E-state index in [1.807, 2.05) is 24.3 Å². The predicted octanol–water partition coefficient (Wildman–Crippen LogP) is 4.49. The highest BCUT2D eigenvalue weighted by Crippen LogP contribution is 2.44. The summed E-state index contributed by atoms with van der Waals surface area (Å²) in [6.45, 7) is 2.13. The van der Waals surface area contributed by atoms with E-state index in [-0.39, 0.29) is 0 Å². The van der Waals surface area contributed by atoms with Crippen molar-refractivity contribution >= 4 is 20.7 Å². The van der Waals surface area contributed by atoms with Crippen LogP contribution in [0.15, 0.2) is 97.3 Å². The first-order chi connectivity index (χ1) is 11.6. The number of hydrogen-bond donors (Lipinski definition) is 0. The van der Waals surface area contributed by atoms with Crippen molar-refractivity contribution in [2.24, 2.45) is 0 Å². The monoisotopic (exact) mass is 353 g/mol. The van der Waals surface area contributed by atoms with Gasteiger partial charge in [0, 0.05) is 0 Å². The fourth-order valence-corrected chi connectivity index (χ4v) is 7.73. The maximum atomic E-state index is 13.0. The molecule has 4 rings (SSSR count). The van der Waals surface area contributed by atoms with Crippen molar-refractivity contribution in [2.75, 3.05) is 0 Å². The molecule has 0 amide bonds. The second-order valence-electron chi connectivity index (χ2n) is 5.70. The summed E-state index contributed by atoms with van der Waals surface area (Å²) < 4.78 is 26.0. The topological polar surface area (TPSA) is 34.1 Å². The summed E-state index contributed by atoms with van der Waals surface area (Å²) in [5, 5.41) is 0. The maximum absolute atomic E-state index is 13.0. The normalized spacial score (nSPS) is 15.5. The van der Waals surface area contributed by atoms with E-state index < -0.39 is 20.7 Å². The minimum atomic E-state index is -3.45. The minimum Gasteiger partial charge on any atom is -0.218 e. The summed E-state index contributed by atoms with van der Waals surface area (Å²) >= 11 is 0. The maximum Gasteiger partial charge on any atom is 0.216 e. The van der Waals surface area contributed by atoms with Crippen molar-refractivity contribution in [1.29, 1.82) is 0 Å². The van der Waals surface area contributed by atoms with Crippen molar-refractivity contribution in [2.45, 2.75) is 37.8 Å². The van der Waals surface area contributed by atoms with Crippen LogP contribution in [0.25, 0.3) is 0 Å². The number of aryl methyl sites for hydroxylation is 1. The summed E-state index contributed by atoms with van der Waals surface area (Å²) in [5.41, 5.74) is 1.29. The van der Waals surface area contributed by atoms with Gasteiger partial charge in [0.15, 0.2) is 14.7 Å². The average Bonchev–Trinajstić information content (AvgIpc) is 2.63. The quantitative estimate of drug-likeness (QED) is 0.498. The van der Waals surface area contributed by atoms with E-state index in [2.05, 4.69) is 31.2 Å². The molecule has 0 saturated heterocycles. The Balaban J connectivity index is 2.01. The molecule has 1 aliphatic rings. The van der Waals surface area contributed by atoms with Gasteiger partial charge in [-0.25, -0.2) is 8.42 Å². The van der Waals surface area contributed by atoms with Gasteiger partial charge >= 0.3 is 0 Å². The van der Waals surface area contributed by atoms with Gasteiger partial charge < -0.3 is 0 Å². The van der Waals surface area contributed by atoms with Crippen LogP contribution in [-0.2, 0) is 27.2 Å². The summed E-state index contributed by atoms with van der Waals surface area (Å²) in [6, 6.07) is 23.3. The zero-order chi connectivity index (χ0) is 16.7. The van der Waals surface area contributed by atoms with Crippen molar-refractivity contribution in [1.82, 2.24) is 0 Å². The molecule has 0 aliphatic carbocycles. The number of sulfone groups is 1. The van der Waals surface area contributed by atoms with Crippen LogP contribution in [0.3, 0.4) is 0 Å².